The molecule has 3 atom stereocenters. The molecular formula is C17H21NO3. The number of likely N-dealkylation sites (tertiary alicyclic amines) is 1. The molecule has 0 bridgehead atoms. The highest BCUT2D eigenvalue weighted by atomic mass is 16.6. The highest BCUT2D eigenvalue weighted by Gasteiger charge is 2.44. The maximum Gasteiger partial charge on any atom is 0.226 e. The molecule has 0 N–H and O–H groups in total. The third-order valence-corrected chi connectivity index (χ3v) is 4.91. The summed E-state index contributed by atoms with van der Waals surface area (Å²) in [6, 6.07) is 6.33. The number of amides is 1. The topological polar surface area (TPSA) is 38.8 Å². The van der Waals surface area contributed by atoms with Crippen LogP contribution < -0.4 is 9.47 Å². The first-order valence-corrected chi connectivity index (χ1v) is 7.94. The Morgan fingerprint density at radius 3 is 2.76 bits per heavy atom. The number of carbonyl (C=O) groups excluding carboxylic acids is 1. The Labute approximate surface area is 125 Å². The molecule has 0 aromatic heterocycles. The molecule has 4 rings (SSSR count). The van der Waals surface area contributed by atoms with Crippen molar-refractivity contribution in [3.8, 4) is 11.5 Å². The molecule has 0 spiro atoms. The smallest absolute Gasteiger partial charge is 0.226 e. The first-order chi connectivity index (χ1) is 10.2. The second-order valence-corrected chi connectivity index (χ2v) is 6.41. The predicted molar refractivity (Wildman–Crippen MR) is 78.4 cm³/mol. The van der Waals surface area contributed by atoms with E-state index in [-0.39, 0.29) is 12.0 Å². The van der Waals surface area contributed by atoms with Crippen molar-refractivity contribution in [2.24, 2.45) is 11.8 Å². The second-order valence-electron chi connectivity index (χ2n) is 6.41. The standard InChI is InChI=1S/C17H21NO3/c1-11-9-13(11)17(19)18-6-2-3-14(18)12-4-5-15-16(10-12)21-8-7-20-15/h4-5,10-11,13-14H,2-3,6-9H2,1H3. The molecule has 4 heteroatoms. The van der Waals surface area contributed by atoms with Gasteiger partial charge in [-0.3, -0.25) is 4.79 Å². The average Bonchev–Trinajstić information content (AvgIpc) is 3.05. The van der Waals surface area contributed by atoms with Gasteiger partial charge in [-0.25, -0.2) is 0 Å². The van der Waals surface area contributed by atoms with Gasteiger partial charge in [0.2, 0.25) is 5.91 Å². The highest BCUT2D eigenvalue weighted by Crippen LogP contribution is 2.44. The lowest BCUT2D eigenvalue weighted by atomic mass is 10.0. The molecule has 1 aromatic carbocycles. The zero-order valence-corrected chi connectivity index (χ0v) is 12.4. The van der Waals surface area contributed by atoms with Crippen LogP contribution in [0.2, 0.25) is 0 Å². The van der Waals surface area contributed by atoms with Gasteiger partial charge in [-0.15, -0.1) is 0 Å². The Bertz CT molecular complexity index is 571. The first kappa shape index (κ1) is 13.0. The van der Waals surface area contributed by atoms with Gasteiger partial charge in [0.1, 0.15) is 13.2 Å². The lowest BCUT2D eigenvalue weighted by molar-refractivity contribution is -0.133. The van der Waals surface area contributed by atoms with Crippen LogP contribution in [0.4, 0.5) is 0 Å². The van der Waals surface area contributed by atoms with Crippen molar-refractivity contribution >= 4 is 5.91 Å². The molecule has 1 saturated heterocycles. The fraction of sp³-hybridized carbons (Fsp3) is 0.588. The molecule has 1 aliphatic carbocycles. The summed E-state index contributed by atoms with van der Waals surface area (Å²) in [5.74, 6) is 2.82. The first-order valence-electron chi connectivity index (χ1n) is 7.94. The predicted octanol–water partition coefficient (Wildman–Crippen LogP) is 2.78. The van der Waals surface area contributed by atoms with Gasteiger partial charge in [0, 0.05) is 12.5 Å². The minimum Gasteiger partial charge on any atom is -0.486 e. The Kier molecular flexibility index (Phi) is 3.05. The van der Waals surface area contributed by atoms with E-state index in [1.54, 1.807) is 0 Å². The van der Waals surface area contributed by atoms with E-state index in [9.17, 15) is 4.79 Å². The molecule has 1 saturated carbocycles. The third-order valence-electron chi connectivity index (χ3n) is 4.91. The van der Waals surface area contributed by atoms with E-state index in [2.05, 4.69) is 24.0 Å². The summed E-state index contributed by atoms with van der Waals surface area (Å²) < 4.78 is 11.2. The minimum absolute atomic E-state index is 0.209. The number of rotatable bonds is 2. The maximum absolute atomic E-state index is 12.6. The monoisotopic (exact) mass is 287 g/mol. The molecule has 1 amide bonds. The molecule has 21 heavy (non-hydrogen) atoms. The van der Waals surface area contributed by atoms with Gasteiger partial charge < -0.3 is 14.4 Å². The molecule has 3 aliphatic rings. The molecule has 112 valence electrons. The normalized spacial score (nSPS) is 30.3. The van der Waals surface area contributed by atoms with Crippen LogP contribution >= 0.6 is 0 Å². The van der Waals surface area contributed by atoms with Gasteiger partial charge in [-0.1, -0.05) is 13.0 Å². The van der Waals surface area contributed by atoms with E-state index in [4.69, 9.17) is 9.47 Å². The van der Waals surface area contributed by atoms with Gasteiger partial charge in [0.05, 0.1) is 6.04 Å². The van der Waals surface area contributed by atoms with Crippen LogP contribution in [0.15, 0.2) is 18.2 Å². The number of ether oxygens (including phenoxy) is 2. The molecule has 1 aromatic rings. The second kappa shape index (κ2) is 4.93. The average molecular weight is 287 g/mol. The van der Waals surface area contributed by atoms with Gasteiger partial charge in [-0.05, 0) is 42.9 Å². The van der Waals surface area contributed by atoms with Crippen LogP contribution in [0.5, 0.6) is 11.5 Å². The maximum atomic E-state index is 12.6. The Balaban J connectivity index is 1.58. The third kappa shape index (κ3) is 2.27. The number of nitrogens with zero attached hydrogens (tertiary/aromatic N) is 1. The molecular weight excluding hydrogens is 266 g/mol. The van der Waals surface area contributed by atoms with E-state index < -0.39 is 0 Å². The molecule has 2 aliphatic heterocycles. The van der Waals surface area contributed by atoms with Crippen LogP contribution in [-0.2, 0) is 4.79 Å². The fourth-order valence-electron chi connectivity index (χ4n) is 3.52. The minimum atomic E-state index is 0.209. The quantitative estimate of drug-likeness (QED) is 0.839. The zero-order chi connectivity index (χ0) is 14.4. The van der Waals surface area contributed by atoms with Crippen molar-refractivity contribution in [3.63, 3.8) is 0 Å². The van der Waals surface area contributed by atoms with Crippen molar-refractivity contribution in [3.05, 3.63) is 23.8 Å². The summed E-state index contributed by atoms with van der Waals surface area (Å²) >= 11 is 0. The number of fused-ring (bicyclic) bond motifs is 1. The summed E-state index contributed by atoms with van der Waals surface area (Å²) in [5.41, 5.74) is 1.18. The Morgan fingerprint density at radius 2 is 2.00 bits per heavy atom. The molecule has 3 unspecified atom stereocenters. The summed E-state index contributed by atoms with van der Waals surface area (Å²) in [7, 11) is 0. The molecule has 2 fully saturated rings. The van der Waals surface area contributed by atoms with E-state index in [0.717, 1.165) is 37.3 Å². The van der Waals surface area contributed by atoms with Gasteiger partial charge in [-0.2, -0.15) is 0 Å². The summed E-state index contributed by atoms with van der Waals surface area (Å²) in [4.78, 5) is 14.6. The van der Waals surface area contributed by atoms with Crippen LogP contribution in [0, 0.1) is 11.8 Å². The van der Waals surface area contributed by atoms with Crippen molar-refractivity contribution in [2.75, 3.05) is 19.8 Å². The van der Waals surface area contributed by atoms with Gasteiger partial charge in [0.25, 0.3) is 0 Å². The number of benzene rings is 1. The van der Waals surface area contributed by atoms with Gasteiger partial charge >= 0.3 is 0 Å². The lowest BCUT2D eigenvalue weighted by Crippen LogP contribution is -2.32. The zero-order valence-electron chi connectivity index (χ0n) is 12.4. The van der Waals surface area contributed by atoms with Crippen molar-refractivity contribution in [2.45, 2.75) is 32.2 Å². The van der Waals surface area contributed by atoms with E-state index in [0.29, 0.717) is 25.0 Å². The molecule has 4 nitrogen and oxygen atoms in total. The van der Waals surface area contributed by atoms with Crippen molar-refractivity contribution in [1.82, 2.24) is 4.90 Å². The molecule has 0 radical (unpaired) electrons. The largest absolute Gasteiger partial charge is 0.486 e. The van der Waals surface area contributed by atoms with Crippen LogP contribution in [0.1, 0.15) is 37.8 Å². The summed E-state index contributed by atoms with van der Waals surface area (Å²) in [6.45, 7) is 4.27. The molecule has 2 heterocycles. The Hall–Kier alpha value is -1.71. The number of carbonyl (C=O) groups is 1. The van der Waals surface area contributed by atoms with Crippen molar-refractivity contribution in [1.29, 1.82) is 0 Å². The SMILES string of the molecule is CC1CC1C(=O)N1CCCC1c1ccc2c(c1)OCCO2. The summed E-state index contributed by atoms with van der Waals surface area (Å²) in [6.07, 6.45) is 3.20. The van der Waals surface area contributed by atoms with Crippen LogP contribution in [0.3, 0.4) is 0 Å². The Morgan fingerprint density at radius 1 is 1.24 bits per heavy atom. The van der Waals surface area contributed by atoms with Gasteiger partial charge in [0.15, 0.2) is 11.5 Å². The fourth-order valence-corrected chi connectivity index (χ4v) is 3.52. The van der Waals surface area contributed by atoms with Crippen LogP contribution in [0.25, 0.3) is 0 Å². The van der Waals surface area contributed by atoms with Crippen molar-refractivity contribution < 1.29 is 14.3 Å². The summed E-state index contributed by atoms with van der Waals surface area (Å²) in [5, 5.41) is 0. The van der Waals surface area contributed by atoms with E-state index in [1.165, 1.54) is 5.56 Å². The highest BCUT2D eigenvalue weighted by molar-refractivity contribution is 5.82. The number of hydrogen-bond donors (Lipinski definition) is 0. The van der Waals surface area contributed by atoms with E-state index in [1.807, 2.05) is 6.07 Å². The number of hydrogen-bond acceptors (Lipinski definition) is 3. The van der Waals surface area contributed by atoms with E-state index >= 15 is 0 Å². The van der Waals surface area contributed by atoms with Crippen LogP contribution in [-0.4, -0.2) is 30.6 Å². The lowest BCUT2D eigenvalue weighted by Gasteiger charge is -2.27.